The maximum atomic E-state index is 13.1. The molecular formula is C15H12ClF3N2S. The van der Waals surface area contributed by atoms with E-state index in [1.165, 1.54) is 11.8 Å². The zero-order chi connectivity index (χ0) is 15.7. The maximum absolute atomic E-state index is 13.1. The third kappa shape index (κ3) is 3.22. The first kappa shape index (κ1) is 15.6. The highest BCUT2D eigenvalue weighted by molar-refractivity contribution is 7.98. The van der Waals surface area contributed by atoms with E-state index in [1.807, 2.05) is 18.2 Å². The van der Waals surface area contributed by atoms with Crippen molar-refractivity contribution in [2.45, 2.75) is 36.3 Å². The minimum atomic E-state index is -4.43. The molecule has 0 fully saturated rings. The Bertz CT molecular complexity index is 704. The first-order valence-electron chi connectivity index (χ1n) is 6.78. The average Bonchev–Trinajstić information content (AvgIpc) is 2.92. The summed E-state index contributed by atoms with van der Waals surface area (Å²) in [7, 11) is 0. The summed E-state index contributed by atoms with van der Waals surface area (Å²) in [6.07, 6.45) is -2.75. The van der Waals surface area contributed by atoms with Gasteiger partial charge in [0.05, 0.1) is 0 Å². The van der Waals surface area contributed by atoms with Crippen LogP contribution < -0.4 is 0 Å². The van der Waals surface area contributed by atoms with E-state index in [9.17, 15) is 13.2 Å². The van der Waals surface area contributed by atoms with Crippen molar-refractivity contribution in [3.05, 3.63) is 51.8 Å². The zero-order valence-electron chi connectivity index (χ0n) is 11.5. The van der Waals surface area contributed by atoms with Crippen LogP contribution in [0.15, 0.2) is 29.4 Å². The van der Waals surface area contributed by atoms with Crippen molar-refractivity contribution in [3.8, 4) is 0 Å². The molecule has 0 bridgehead atoms. The summed E-state index contributed by atoms with van der Waals surface area (Å²) < 4.78 is 39.4. The van der Waals surface area contributed by atoms with E-state index in [4.69, 9.17) is 11.6 Å². The Kier molecular flexibility index (Phi) is 4.32. The molecule has 7 heteroatoms. The molecule has 3 rings (SSSR count). The topological polar surface area (TPSA) is 25.8 Å². The Hall–Kier alpha value is -1.27. The van der Waals surface area contributed by atoms with Gasteiger partial charge in [-0.1, -0.05) is 41.6 Å². The summed E-state index contributed by atoms with van der Waals surface area (Å²) in [4.78, 5) is 8.03. The Morgan fingerprint density at radius 3 is 2.64 bits per heavy atom. The number of aromatic nitrogens is 2. The van der Waals surface area contributed by atoms with Gasteiger partial charge in [0.15, 0.2) is 10.9 Å². The molecule has 0 N–H and O–H groups in total. The number of hydrogen-bond donors (Lipinski definition) is 0. The summed E-state index contributed by atoms with van der Waals surface area (Å²) in [5.74, 6) is 0.440. The average molecular weight is 345 g/mol. The van der Waals surface area contributed by atoms with Crippen molar-refractivity contribution >= 4 is 23.4 Å². The lowest BCUT2D eigenvalue weighted by Gasteiger charge is -2.12. The molecule has 1 heterocycles. The molecule has 0 saturated heterocycles. The van der Waals surface area contributed by atoms with Crippen LogP contribution in [0.1, 0.15) is 28.9 Å². The first-order chi connectivity index (χ1) is 10.4. The predicted molar refractivity (Wildman–Crippen MR) is 80.1 cm³/mol. The highest BCUT2D eigenvalue weighted by atomic mass is 35.5. The van der Waals surface area contributed by atoms with Crippen LogP contribution >= 0.6 is 23.4 Å². The summed E-state index contributed by atoms with van der Waals surface area (Å²) >= 11 is 7.23. The second-order valence-corrected chi connectivity index (χ2v) is 6.36. The van der Waals surface area contributed by atoms with Crippen LogP contribution in [-0.4, -0.2) is 9.97 Å². The molecule has 0 unspecified atom stereocenters. The minimum absolute atomic E-state index is 0.160. The van der Waals surface area contributed by atoms with Crippen LogP contribution in [0.4, 0.5) is 13.2 Å². The second kappa shape index (κ2) is 6.08. The van der Waals surface area contributed by atoms with Gasteiger partial charge in [-0.25, -0.2) is 9.97 Å². The standard InChI is InChI=1S/C15H12ClF3N2S/c16-11-6-2-1-4-9(11)8-22-14-20-12-7-3-5-10(12)13(21-14)15(17,18)19/h1-2,4,6H,3,5,7-8H2. The third-order valence-electron chi connectivity index (χ3n) is 3.50. The van der Waals surface area contributed by atoms with Crippen LogP contribution in [0.25, 0.3) is 0 Å². The second-order valence-electron chi connectivity index (χ2n) is 5.01. The fraction of sp³-hybridized carbons (Fsp3) is 0.333. The molecule has 0 saturated carbocycles. The van der Waals surface area contributed by atoms with E-state index in [1.54, 1.807) is 6.07 Å². The molecule has 2 aromatic rings. The lowest BCUT2D eigenvalue weighted by atomic mass is 10.2. The number of nitrogens with zero attached hydrogens (tertiary/aromatic N) is 2. The largest absolute Gasteiger partial charge is 0.433 e. The molecule has 116 valence electrons. The number of aryl methyl sites for hydroxylation is 1. The number of alkyl halides is 3. The van der Waals surface area contributed by atoms with Gasteiger partial charge in [0, 0.05) is 22.0 Å². The molecule has 0 spiro atoms. The summed E-state index contributed by atoms with van der Waals surface area (Å²) in [5.41, 5.74) is 0.863. The van der Waals surface area contributed by atoms with Gasteiger partial charge in [-0.05, 0) is 30.9 Å². The Labute approximate surface area is 135 Å². The number of fused-ring (bicyclic) bond motifs is 1. The van der Waals surface area contributed by atoms with Crippen LogP contribution in [0.3, 0.4) is 0 Å². The fourth-order valence-corrected chi connectivity index (χ4v) is 3.62. The van der Waals surface area contributed by atoms with E-state index >= 15 is 0 Å². The van der Waals surface area contributed by atoms with E-state index in [-0.39, 0.29) is 10.7 Å². The highest BCUT2D eigenvalue weighted by Gasteiger charge is 2.38. The Morgan fingerprint density at radius 2 is 1.91 bits per heavy atom. The third-order valence-corrected chi connectivity index (χ3v) is 4.76. The van der Waals surface area contributed by atoms with Crippen LogP contribution in [0.5, 0.6) is 0 Å². The smallest absolute Gasteiger partial charge is 0.227 e. The number of halogens is 4. The van der Waals surface area contributed by atoms with Crippen molar-refractivity contribution in [3.63, 3.8) is 0 Å². The van der Waals surface area contributed by atoms with Gasteiger partial charge < -0.3 is 0 Å². The number of thioether (sulfide) groups is 1. The lowest BCUT2D eigenvalue weighted by Crippen LogP contribution is -2.14. The van der Waals surface area contributed by atoms with E-state index < -0.39 is 11.9 Å². The molecule has 22 heavy (non-hydrogen) atoms. The maximum Gasteiger partial charge on any atom is 0.433 e. The van der Waals surface area contributed by atoms with E-state index in [0.29, 0.717) is 35.7 Å². The van der Waals surface area contributed by atoms with Gasteiger partial charge in [0.1, 0.15) is 0 Å². The van der Waals surface area contributed by atoms with Gasteiger partial charge in [0.25, 0.3) is 0 Å². The number of rotatable bonds is 3. The molecule has 1 aliphatic rings. The molecule has 0 atom stereocenters. The quantitative estimate of drug-likeness (QED) is 0.583. The minimum Gasteiger partial charge on any atom is -0.227 e. The van der Waals surface area contributed by atoms with Crippen LogP contribution in [-0.2, 0) is 24.8 Å². The van der Waals surface area contributed by atoms with Crippen LogP contribution in [0.2, 0.25) is 5.02 Å². The lowest BCUT2D eigenvalue weighted by molar-refractivity contribution is -0.142. The molecule has 1 aliphatic carbocycles. The van der Waals surface area contributed by atoms with Crippen molar-refractivity contribution < 1.29 is 13.2 Å². The van der Waals surface area contributed by atoms with Crippen LogP contribution in [0, 0.1) is 0 Å². The number of benzene rings is 1. The molecule has 0 amide bonds. The Morgan fingerprint density at radius 1 is 1.14 bits per heavy atom. The van der Waals surface area contributed by atoms with Crippen molar-refractivity contribution in [2.75, 3.05) is 0 Å². The summed E-state index contributed by atoms with van der Waals surface area (Å²) in [5, 5.41) is 0.750. The van der Waals surface area contributed by atoms with Gasteiger partial charge >= 0.3 is 6.18 Å². The van der Waals surface area contributed by atoms with Gasteiger partial charge in [-0.2, -0.15) is 13.2 Å². The molecular weight excluding hydrogens is 333 g/mol. The molecule has 1 aromatic heterocycles. The van der Waals surface area contributed by atoms with Crippen molar-refractivity contribution in [1.29, 1.82) is 0 Å². The summed E-state index contributed by atoms with van der Waals surface area (Å²) in [6.45, 7) is 0. The van der Waals surface area contributed by atoms with Gasteiger partial charge in [-0.15, -0.1) is 0 Å². The highest BCUT2D eigenvalue weighted by Crippen LogP contribution is 2.36. The predicted octanol–water partition coefficient (Wildman–Crippen LogP) is 4.93. The molecule has 0 radical (unpaired) electrons. The summed E-state index contributed by atoms with van der Waals surface area (Å²) in [6, 6.07) is 7.24. The van der Waals surface area contributed by atoms with E-state index in [0.717, 1.165) is 5.56 Å². The fourth-order valence-electron chi connectivity index (χ4n) is 2.47. The molecule has 1 aromatic carbocycles. The van der Waals surface area contributed by atoms with Crippen molar-refractivity contribution in [1.82, 2.24) is 9.97 Å². The zero-order valence-corrected chi connectivity index (χ0v) is 13.0. The Balaban J connectivity index is 1.87. The van der Waals surface area contributed by atoms with Crippen molar-refractivity contribution in [2.24, 2.45) is 0 Å². The van der Waals surface area contributed by atoms with Gasteiger partial charge in [0.2, 0.25) is 0 Å². The normalized spacial score (nSPS) is 14.2. The molecule has 2 nitrogen and oxygen atoms in total. The number of hydrogen-bond acceptors (Lipinski definition) is 3. The monoisotopic (exact) mass is 344 g/mol. The van der Waals surface area contributed by atoms with Gasteiger partial charge in [-0.3, -0.25) is 0 Å². The first-order valence-corrected chi connectivity index (χ1v) is 8.14. The van der Waals surface area contributed by atoms with E-state index in [2.05, 4.69) is 9.97 Å². The molecule has 0 aliphatic heterocycles. The SMILES string of the molecule is FC(F)(F)c1nc(SCc2ccccc2Cl)nc2c1CCC2.